The van der Waals surface area contributed by atoms with E-state index in [1.165, 1.54) is 0 Å². The molecule has 0 saturated heterocycles. The van der Waals surface area contributed by atoms with Crippen LogP contribution in [0.5, 0.6) is 5.75 Å². The van der Waals surface area contributed by atoms with Crippen molar-refractivity contribution < 1.29 is 5.11 Å². The zero-order chi connectivity index (χ0) is 13.0. The fourth-order valence-corrected chi connectivity index (χ4v) is 1.69. The maximum Gasteiger partial charge on any atom is 0.116 e. The van der Waals surface area contributed by atoms with E-state index in [0.717, 1.165) is 16.7 Å². The van der Waals surface area contributed by atoms with Crippen molar-refractivity contribution in [3.63, 3.8) is 0 Å². The van der Waals surface area contributed by atoms with Gasteiger partial charge in [-0.15, -0.1) is 0 Å². The molecule has 0 unspecified atom stereocenters. The molecule has 0 aliphatic heterocycles. The van der Waals surface area contributed by atoms with Crippen molar-refractivity contribution in [2.75, 3.05) is 0 Å². The molecule has 2 aromatic carbocycles. The van der Waals surface area contributed by atoms with E-state index in [1.807, 2.05) is 37.3 Å². The molecule has 88 valence electrons. The van der Waals surface area contributed by atoms with Gasteiger partial charge in [0, 0.05) is 0 Å². The Bertz CT molecular complexity index is 618. The van der Waals surface area contributed by atoms with Crippen LogP contribution in [0.15, 0.2) is 48.5 Å². The fourth-order valence-electron chi connectivity index (χ4n) is 1.69. The molecule has 0 aromatic heterocycles. The third kappa shape index (κ3) is 2.78. The number of hydrogen-bond acceptors (Lipinski definition) is 2. The number of rotatable bonds is 2. The average Bonchev–Trinajstić information content (AvgIpc) is 2.37. The van der Waals surface area contributed by atoms with Crippen molar-refractivity contribution in [3.05, 3.63) is 65.2 Å². The summed E-state index contributed by atoms with van der Waals surface area (Å²) in [5.41, 5.74) is 3.44. The lowest BCUT2D eigenvalue weighted by Gasteiger charge is -2.01. The van der Waals surface area contributed by atoms with Gasteiger partial charge in [0.2, 0.25) is 0 Å². The summed E-state index contributed by atoms with van der Waals surface area (Å²) in [4.78, 5) is 0. The Kier molecular flexibility index (Phi) is 3.45. The first-order chi connectivity index (χ1) is 8.69. The summed E-state index contributed by atoms with van der Waals surface area (Å²) in [6.07, 6.45) is 1.77. The van der Waals surface area contributed by atoms with Crippen molar-refractivity contribution in [1.82, 2.24) is 0 Å². The predicted octanol–water partition coefficient (Wildman–Crippen LogP) is 3.76. The molecule has 0 radical (unpaired) electrons. The van der Waals surface area contributed by atoms with Gasteiger partial charge in [-0.2, -0.15) is 5.26 Å². The van der Waals surface area contributed by atoms with Gasteiger partial charge < -0.3 is 5.11 Å². The predicted molar refractivity (Wildman–Crippen MR) is 72.8 cm³/mol. The molecule has 0 aliphatic rings. The summed E-state index contributed by atoms with van der Waals surface area (Å²) in [7, 11) is 0. The van der Waals surface area contributed by atoms with Crippen LogP contribution in [0.1, 0.15) is 16.7 Å². The van der Waals surface area contributed by atoms with E-state index in [2.05, 4.69) is 6.07 Å². The number of aromatic hydroxyl groups is 1. The Labute approximate surface area is 106 Å². The molecule has 2 heteroatoms. The molecule has 0 spiro atoms. The molecule has 0 saturated carbocycles. The molecule has 0 fully saturated rings. The summed E-state index contributed by atoms with van der Waals surface area (Å²) in [5.74, 6) is 0.199. The minimum atomic E-state index is 0.199. The Morgan fingerprint density at radius 3 is 2.50 bits per heavy atom. The van der Waals surface area contributed by atoms with E-state index in [1.54, 1.807) is 24.3 Å². The number of aryl methyl sites for hydroxylation is 1. The highest BCUT2D eigenvalue weighted by molar-refractivity contribution is 5.89. The van der Waals surface area contributed by atoms with Crippen LogP contribution < -0.4 is 0 Å². The molecule has 1 N–H and O–H groups in total. The van der Waals surface area contributed by atoms with E-state index in [9.17, 15) is 10.4 Å². The average molecular weight is 235 g/mol. The zero-order valence-corrected chi connectivity index (χ0v) is 10.1. The zero-order valence-electron chi connectivity index (χ0n) is 10.1. The van der Waals surface area contributed by atoms with Crippen LogP contribution in [-0.4, -0.2) is 5.11 Å². The van der Waals surface area contributed by atoms with Gasteiger partial charge in [-0.25, -0.2) is 0 Å². The van der Waals surface area contributed by atoms with Crippen LogP contribution in [0.3, 0.4) is 0 Å². The van der Waals surface area contributed by atoms with Gasteiger partial charge in [0.05, 0.1) is 11.6 Å². The second kappa shape index (κ2) is 5.20. The van der Waals surface area contributed by atoms with E-state index in [0.29, 0.717) is 5.57 Å². The standard InChI is InChI=1S/C16H13NO/c1-12-5-7-14(8-6-12)15(11-17)9-13-3-2-4-16(18)10-13/h2-10,18H,1H3/b15-9+. The smallest absolute Gasteiger partial charge is 0.116 e. The molecular formula is C16H13NO. The van der Waals surface area contributed by atoms with Gasteiger partial charge in [0.15, 0.2) is 0 Å². The van der Waals surface area contributed by atoms with Crippen molar-refractivity contribution in [1.29, 1.82) is 5.26 Å². The summed E-state index contributed by atoms with van der Waals surface area (Å²) in [6.45, 7) is 2.01. The highest BCUT2D eigenvalue weighted by Gasteiger charge is 2.01. The topological polar surface area (TPSA) is 44.0 Å². The van der Waals surface area contributed by atoms with E-state index >= 15 is 0 Å². The van der Waals surface area contributed by atoms with Crippen molar-refractivity contribution in [2.24, 2.45) is 0 Å². The van der Waals surface area contributed by atoms with Gasteiger partial charge in [-0.05, 0) is 36.3 Å². The summed E-state index contributed by atoms with van der Waals surface area (Å²) < 4.78 is 0. The summed E-state index contributed by atoms with van der Waals surface area (Å²) >= 11 is 0. The Morgan fingerprint density at radius 2 is 1.89 bits per heavy atom. The Hall–Kier alpha value is -2.53. The van der Waals surface area contributed by atoms with Gasteiger partial charge in [-0.3, -0.25) is 0 Å². The summed E-state index contributed by atoms with van der Waals surface area (Å²) in [6, 6.07) is 16.8. The number of nitrogens with zero attached hydrogens (tertiary/aromatic N) is 1. The molecule has 2 rings (SSSR count). The third-order valence-corrected chi connectivity index (χ3v) is 2.66. The highest BCUT2D eigenvalue weighted by atomic mass is 16.3. The molecule has 0 atom stereocenters. The number of nitriles is 1. The molecule has 2 nitrogen and oxygen atoms in total. The van der Waals surface area contributed by atoms with Gasteiger partial charge in [0.25, 0.3) is 0 Å². The first-order valence-electron chi connectivity index (χ1n) is 5.67. The minimum Gasteiger partial charge on any atom is -0.508 e. The third-order valence-electron chi connectivity index (χ3n) is 2.66. The molecule has 0 heterocycles. The quantitative estimate of drug-likeness (QED) is 0.636. The first-order valence-corrected chi connectivity index (χ1v) is 5.67. The minimum absolute atomic E-state index is 0.199. The second-order valence-corrected chi connectivity index (χ2v) is 4.13. The van der Waals surface area contributed by atoms with Crippen molar-refractivity contribution >= 4 is 11.6 Å². The van der Waals surface area contributed by atoms with E-state index in [4.69, 9.17) is 0 Å². The number of hydrogen-bond donors (Lipinski definition) is 1. The molecule has 0 amide bonds. The normalized spacial score (nSPS) is 11.0. The van der Waals surface area contributed by atoms with Crippen LogP contribution in [0.25, 0.3) is 11.6 Å². The fraction of sp³-hybridized carbons (Fsp3) is 0.0625. The lowest BCUT2D eigenvalue weighted by atomic mass is 10.0. The lowest BCUT2D eigenvalue weighted by molar-refractivity contribution is 0.475. The van der Waals surface area contributed by atoms with Gasteiger partial charge in [0.1, 0.15) is 5.75 Å². The molecular weight excluding hydrogens is 222 g/mol. The monoisotopic (exact) mass is 235 g/mol. The molecule has 0 bridgehead atoms. The first kappa shape index (κ1) is 11.9. The number of phenols is 1. The molecule has 0 aliphatic carbocycles. The highest BCUT2D eigenvalue weighted by Crippen LogP contribution is 2.20. The lowest BCUT2D eigenvalue weighted by Crippen LogP contribution is -1.82. The second-order valence-electron chi connectivity index (χ2n) is 4.13. The maximum atomic E-state index is 9.39. The summed E-state index contributed by atoms with van der Waals surface area (Å²) in [5, 5.41) is 18.6. The van der Waals surface area contributed by atoms with Crippen LogP contribution >= 0.6 is 0 Å². The van der Waals surface area contributed by atoms with E-state index < -0.39 is 0 Å². The van der Waals surface area contributed by atoms with Crippen LogP contribution in [0.2, 0.25) is 0 Å². The maximum absolute atomic E-state index is 9.39. The van der Waals surface area contributed by atoms with E-state index in [-0.39, 0.29) is 5.75 Å². The largest absolute Gasteiger partial charge is 0.508 e. The van der Waals surface area contributed by atoms with Gasteiger partial charge >= 0.3 is 0 Å². The molecule has 18 heavy (non-hydrogen) atoms. The Balaban J connectivity index is 2.40. The van der Waals surface area contributed by atoms with Crippen LogP contribution in [0.4, 0.5) is 0 Å². The van der Waals surface area contributed by atoms with Crippen LogP contribution in [0, 0.1) is 18.3 Å². The molecule has 2 aromatic rings. The van der Waals surface area contributed by atoms with Gasteiger partial charge in [-0.1, -0.05) is 42.0 Å². The Morgan fingerprint density at radius 1 is 1.17 bits per heavy atom. The number of allylic oxidation sites excluding steroid dienone is 1. The number of benzene rings is 2. The van der Waals surface area contributed by atoms with Crippen LogP contribution in [-0.2, 0) is 0 Å². The van der Waals surface area contributed by atoms with Crippen molar-refractivity contribution in [3.8, 4) is 11.8 Å². The van der Waals surface area contributed by atoms with Crippen molar-refractivity contribution in [2.45, 2.75) is 6.92 Å². The number of phenolic OH excluding ortho intramolecular Hbond substituents is 1. The SMILES string of the molecule is Cc1ccc(/C(C#N)=C/c2cccc(O)c2)cc1.